The molecule has 1 aliphatic heterocycles. The van der Waals surface area contributed by atoms with E-state index in [2.05, 4.69) is 15.3 Å². The molecule has 1 aliphatic rings. The first-order chi connectivity index (χ1) is 26.1. The van der Waals surface area contributed by atoms with Crippen LogP contribution in [0.15, 0.2) is 10.8 Å². The second-order valence-electron chi connectivity index (χ2n) is 14.8. The molecule has 0 aromatic carbocycles. The zero-order valence-electron chi connectivity index (χ0n) is 32.8. The molecule has 0 aliphatic carbocycles. The highest BCUT2D eigenvalue weighted by Crippen LogP contribution is 2.35. The van der Waals surface area contributed by atoms with Crippen LogP contribution in [0.2, 0.25) is 0 Å². The van der Waals surface area contributed by atoms with Gasteiger partial charge in [-0.05, 0) is 65.7 Å². The van der Waals surface area contributed by atoms with Crippen LogP contribution in [0.25, 0.3) is 0 Å². The highest BCUT2D eigenvalue weighted by molar-refractivity contribution is 7.10. The third-order valence-corrected chi connectivity index (χ3v) is 10.7. The zero-order valence-corrected chi connectivity index (χ0v) is 35.9. The number of nitrogens with one attached hydrogen (secondary N) is 1. The van der Waals surface area contributed by atoms with Crippen molar-refractivity contribution in [2.24, 2.45) is 11.8 Å². The van der Waals surface area contributed by atoms with Crippen molar-refractivity contribution >= 4 is 81.6 Å². The van der Waals surface area contributed by atoms with Crippen LogP contribution < -0.4 is 5.32 Å². The lowest BCUT2D eigenvalue weighted by atomic mass is 9.96. The summed E-state index contributed by atoms with van der Waals surface area (Å²) in [6.45, 7) is 12.2. The summed E-state index contributed by atoms with van der Waals surface area (Å²) in [4.78, 5) is 87.3. The molecule has 0 fully saturated rings. The Bertz CT molecular complexity index is 1690. The number of carbonyl (C=O) groups is 6. The fourth-order valence-electron chi connectivity index (χ4n) is 5.67. The van der Waals surface area contributed by atoms with Gasteiger partial charge < -0.3 is 34.1 Å². The third-order valence-electron chi connectivity index (χ3n) is 8.45. The van der Waals surface area contributed by atoms with E-state index in [1.54, 1.807) is 6.92 Å². The van der Waals surface area contributed by atoms with Crippen molar-refractivity contribution < 1.29 is 57.6 Å². The quantitative estimate of drug-likeness (QED) is 0.110. The zero-order chi connectivity index (χ0) is 42.0. The molecular weight excluding hydrogens is 813 g/mol. The molecule has 56 heavy (non-hydrogen) atoms. The Labute approximate surface area is 344 Å². The summed E-state index contributed by atoms with van der Waals surface area (Å²) in [6, 6.07) is -0.717. The van der Waals surface area contributed by atoms with Gasteiger partial charge in [-0.1, -0.05) is 20.8 Å². The lowest BCUT2D eigenvalue weighted by Crippen LogP contribution is -2.47. The van der Waals surface area contributed by atoms with Crippen LogP contribution in [0.4, 0.5) is 0 Å². The molecule has 2 aromatic rings. The lowest BCUT2D eigenvalue weighted by molar-refractivity contribution is -0.171. The van der Waals surface area contributed by atoms with Crippen LogP contribution in [0.5, 0.6) is 0 Å². The Balaban J connectivity index is 2.01. The first-order valence-corrected chi connectivity index (χ1v) is 20.8. The molecule has 312 valence electrons. The van der Waals surface area contributed by atoms with E-state index in [1.807, 2.05) is 20.8 Å². The second-order valence-corrected chi connectivity index (χ2v) is 18.4. The predicted molar refractivity (Wildman–Crippen MR) is 207 cm³/mol. The van der Waals surface area contributed by atoms with Gasteiger partial charge in [-0.2, -0.15) is 0 Å². The highest BCUT2D eigenvalue weighted by atomic mass is 35.5. The lowest BCUT2D eigenvalue weighted by Gasteiger charge is -2.30. The van der Waals surface area contributed by atoms with Gasteiger partial charge in [-0.15, -0.1) is 45.9 Å². The number of cyclic esters (lactones) is 3. The smallest absolute Gasteiger partial charge is 0.358 e. The normalized spacial score (nSPS) is 20.9. The van der Waals surface area contributed by atoms with Crippen LogP contribution in [0, 0.1) is 11.8 Å². The van der Waals surface area contributed by atoms with E-state index in [-0.39, 0.29) is 46.1 Å². The number of esters is 5. The SMILES string of the molecule is CCCC(=O)NC(CC(C)C)C(CC(=O)OC1COC(=O)c2csc(n2)C(C(C)(C)O)OC(=O)C(C)C(CCCC(C)(Cl)Cl)OC(=O)c2csc1n2)OC(C)=O. The summed E-state index contributed by atoms with van der Waals surface area (Å²) >= 11 is 14.2. The number of thiazole rings is 2. The molecule has 2 aromatic heterocycles. The molecule has 0 radical (unpaired) electrons. The minimum absolute atomic E-state index is 0.0550. The van der Waals surface area contributed by atoms with Gasteiger partial charge in [0, 0.05) is 24.1 Å². The summed E-state index contributed by atoms with van der Waals surface area (Å²) in [6.07, 6.45) is -3.26. The summed E-state index contributed by atoms with van der Waals surface area (Å²) in [5.41, 5.74) is -2.01. The van der Waals surface area contributed by atoms with Gasteiger partial charge in [0.25, 0.3) is 0 Å². The molecule has 15 nitrogen and oxygen atoms in total. The number of carbonyl (C=O) groups excluding carboxylic acids is 6. The molecule has 2 N–H and O–H groups in total. The molecule has 0 saturated heterocycles. The molecule has 6 atom stereocenters. The molecule has 6 unspecified atom stereocenters. The summed E-state index contributed by atoms with van der Waals surface area (Å²) in [5.74, 6) is -5.45. The first kappa shape index (κ1) is 47.0. The number of amides is 1. The average molecular weight is 865 g/mol. The van der Waals surface area contributed by atoms with Gasteiger partial charge in [0.1, 0.15) is 38.8 Å². The standard InChI is InChI=1S/C37H51Cl2N3O12S2/c1-9-11-28(44)40-22(14-19(2)3)26(51-21(5)43)15-29(45)52-27-16-50-34(47)23-17-56-32(42-23)30(36(6,7)49)54-33(46)20(4)25(12-10-13-37(8,38)39)53-35(48)24-18-55-31(27)41-24/h17-20,22,25-27,30,49H,9-16H2,1-8H3,(H,40,44). The maximum Gasteiger partial charge on any atom is 0.358 e. The van der Waals surface area contributed by atoms with Gasteiger partial charge in [-0.3, -0.25) is 19.2 Å². The van der Waals surface area contributed by atoms with Gasteiger partial charge in [0.15, 0.2) is 23.6 Å². The largest absolute Gasteiger partial charge is 0.460 e. The number of hydrogen-bond acceptors (Lipinski definition) is 16. The molecule has 3 heterocycles. The van der Waals surface area contributed by atoms with Crippen molar-refractivity contribution in [1.29, 1.82) is 0 Å². The molecule has 0 spiro atoms. The van der Waals surface area contributed by atoms with E-state index in [0.29, 0.717) is 25.7 Å². The maximum atomic E-state index is 13.6. The fraction of sp³-hybridized carbons (Fsp3) is 0.676. The fourth-order valence-corrected chi connectivity index (χ4v) is 7.73. The van der Waals surface area contributed by atoms with Crippen LogP contribution in [0.3, 0.4) is 0 Å². The molecule has 4 bridgehead atoms. The number of aliphatic hydroxyl groups is 1. The van der Waals surface area contributed by atoms with Crippen LogP contribution in [-0.4, -0.2) is 85.6 Å². The van der Waals surface area contributed by atoms with E-state index in [9.17, 15) is 33.9 Å². The van der Waals surface area contributed by atoms with Gasteiger partial charge >= 0.3 is 29.8 Å². The minimum Gasteiger partial charge on any atom is -0.460 e. The molecule has 19 heteroatoms. The van der Waals surface area contributed by atoms with Crippen molar-refractivity contribution in [3.63, 3.8) is 0 Å². The monoisotopic (exact) mass is 863 g/mol. The third kappa shape index (κ3) is 14.8. The van der Waals surface area contributed by atoms with E-state index in [0.717, 1.165) is 22.7 Å². The van der Waals surface area contributed by atoms with Crippen molar-refractivity contribution in [3.8, 4) is 0 Å². The number of halogens is 2. The first-order valence-electron chi connectivity index (χ1n) is 18.3. The van der Waals surface area contributed by atoms with Crippen molar-refractivity contribution in [2.75, 3.05) is 6.61 Å². The number of rotatable bonds is 15. The van der Waals surface area contributed by atoms with E-state index in [1.165, 1.54) is 38.5 Å². The van der Waals surface area contributed by atoms with Crippen LogP contribution in [-0.2, 0) is 42.9 Å². The van der Waals surface area contributed by atoms with Crippen molar-refractivity contribution in [2.45, 2.75) is 141 Å². The Morgan fingerprint density at radius 2 is 1.66 bits per heavy atom. The summed E-state index contributed by atoms with van der Waals surface area (Å²) in [7, 11) is 0. The minimum atomic E-state index is -1.66. The van der Waals surface area contributed by atoms with Crippen molar-refractivity contribution in [3.05, 3.63) is 32.2 Å². The number of ether oxygens (including phenoxy) is 5. The molecular formula is C37H51Cl2N3O12S2. The average Bonchev–Trinajstić information content (AvgIpc) is 3.77. The number of aromatic nitrogens is 2. The number of fused-ring (bicyclic) bond motifs is 4. The van der Waals surface area contributed by atoms with Gasteiger partial charge in [-0.25, -0.2) is 19.6 Å². The number of alkyl halides is 2. The number of nitrogens with zero attached hydrogens (tertiary/aromatic N) is 2. The summed E-state index contributed by atoms with van der Waals surface area (Å²) in [5, 5.41) is 16.7. The topological polar surface area (TPSA) is 207 Å². The number of hydrogen-bond donors (Lipinski definition) is 2. The molecule has 1 amide bonds. The van der Waals surface area contributed by atoms with Crippen molar-refractivity contribution in [1.82, 2.24) is 15.3 Å². The molecule has 3 rings (SSSR count). The molecule has 0 saturated carbocycles. The highest BCUT2D eigenvalue weighted by Gasteiger charge is 2.39. The van der Waals surface area contributed by atoms with E-state index in [4.69, 9.17) is 46.9 Å². The van der Waals surface area contributed by atoms with Gasteiger partial charge in [0.2, 0.25) is 5.91 Å². The van der Waals surface area contributed by atoms with Gasteiger partial charge in [0.05, 0.1) is 18.4 Å². The Morgan fingerprint density at radius 3 is 2.25 bits per heavy atom. The Hall–Kier alpha value is -3.38. The predicted octanol–water partition coefficient (Wildman–Crippen LogP) is 6.59. The van der Waals surface area contributed by atoms with E-state index < -0.39 is 89.2 Å². The maximum absolute atomic E-state index is 13.6. The Morgan fingerprint density at radius 1 is 1.04 bits per heavy atom. The second kappa shape index (κ2) is 20.9. The van der Waals surface area contributed by atoms with Crippen LogP contribution >= 0.6 is 45.9 Å². The Kier molecular flexibility index (Phi) is 17.5. The summed E-state index contributed by atoms with van der Waals surface area (Å²) < 4.78 is 27.3. The van der Waals surface area contributed by atoms with E-state index >= 15 is 0 Å². The van der Waals surface area contributed by atoms with Crippen LogP contribution in [0.1, 0.15) is 144 Å².